The highest BCUT2D eigenvalue weighted by molar-refractivity contribution is 5.52. The molecule has 0 bridgehead atoms. The van der Waals surface area contributed by atoms with Crippen LogP contribution in [0.15, 0.2) is 34.6 Å². The van der Waals surface area contributed by atoms with Crippen molar-refractivity contribution in [2.45, 2.75) is 31.0 Å². The largest absolute Gasteiger partial charge is 0.370 e. The third-order valence-corrected chi connectivity index (χ3v) is 5.26. The number of ether oxygens (including phenoxy) is 1. The molecule has 1 aromatic rings. The van der Waals surface area contributed by atoms with Gasteiger partial charge in [-0.15, -0.1) is 0 Å². The Bertz CT molecular complexity index is 629. The van der Waals surface area contributed by atoms with Gasteiger partial charge in [0.05, 0.1) is 23.8 Å². The number of non-ortho nitro benzene ring substituents is 1. The van der Waals surface area contributed by atoms with Crippen molar-refractivity contribution in [3.8, 4) is 0 Å². The Morgan fingerprint density at radius 3 is 2.74 bits per heavy atom. The number of morpholine rings is 1. The summed E-state index contributed by atoms with van der Waals surface area (Å²) in [6.07, 6.45) is 3.23. The van der Waals surface area contributed by atoms with E-state index >= 15 is 0 Å². The molecule has 2 fully saturated rings. The number of quaternary nitrogens is 1. The van der Waals surface area contributed by atoms with Gasteiger partial charge in [-0.2, -0.15) is 10.1 Å². The first kappa shape index (κ1) is 14.5. The third kappa shape index (κ3) is 2.21. The zero-order valence-corrected chi connectivity index (χ0v) is 12.9. The predicted octanol–water partition coefficient (Wildman–Crippen LogP) is 0.946. The topological polar surface area (TPSA) is 84.8 Å². The van der Waals surface area contributed by atoms with Crippen molar-refractivity contribution in [1.82, 2.24) is 0 Å². The van der Waals surface area contributed by atoms with Crippen molar-refractivity contribution in [2.24, 2.45) is 10.3 Å². The molecule has 0 unspecified atom stereocenters. The van der Waals surface area contributed by atoms with Crippen LogP contribution >= 0.6 is 0 Å². The van der Waals surface area contributed by atoms with Crippen LogP contribution in [0.5, 0.6) is 0 Å². The number of nitrogens with zero attached hydrogens (tertiary/aromatic N) is 4. The normalized spacial score (nSPS) is 30.6. The Hall–Kier alpha value is -2.06. The molecule has 1 N–H and O–H groups in total. The second kappa shape index (κ2) is 5.54. The van der Waals surface area contributed by atoms with Crippen molar-refractivity contribution >= 4 is 11.4 Å². The van der Waals surface area contributed by atoms with Gasteiger partial charge in [0.15, 0.2) is 0 Å². The summed E-state index contributed by atoms with van der Waals surface area (Å²) in [5.41, 5.74) is 0.822. The molecule has 4 rings (SSSR count). The molecule has 1 saturated heterocycles. The Kier molecular flexibility index (Phi) is 3.50. The van der Waals surface area contributed by atoms with E-state index in [1.165, 1.54) is 17.0 Å². The van der Waals surface area contributed by atoms with Crippen LogP contribution in [0.1, 0.15) is 19.3 Å². The molecule has 0 amide bonds. The highest BCUT2D eigenvalue weighted by Crippen LogP contribution is 2.41. The van der Waals surface area contributed by atoms with Gasteiger partial charge < -0.3 is 9.64 Å². The summed E-state index contributed by atoms with van der Waals surface area (Å²) in [6, 6.07) is 6.83. The lowest BCUT2D eigenvalue weighted by Crippen LogP contribution is -3.24. The second-order valence-electron chi connectivity index (χ2n) is 6.34. The molecule has 122 valence electrons. The van der Waals surface area contributed by atoms with Gasteiger partial charge in [-0.1, -0.05) is 5.22 Å². The van der Waals surface area contributed by atoms with Gasteiger partial charge in [0.1, 0.15) is 19.1 Å². The monoisotopic (exact) mass is 318 g/mol. The Labute approximate surface area is 133 Å². The minimum atomic E-state index is -0.378. The van der Waals surface area contributed by atoms with E-state index in [2.05, 4.69) is 10.3 Å². The van der Waals surface area contributed by atoms with Gasteiger partial charge in [-0.05, 0) is 25.0 Å². The zero-order valence-electron chi connectivity index (χ0n) is 12.9. The van der Waals surface area contributed by atoms with E-state index in [1.807, 2.05) is 5.01 Å². The fraction of sp³-hybridized carbons (Fsp3) is 0.600. The number of nitrogens with one attached hydrogen (secondary N) is 1. The van der Waals surface area contributed by atoms with E-state index in [4.69, 9.17) is 4.74 Å². The van der Waals surface area contributed by atoms with Gasteiger partial charge in [-0.3, -0.25) is 10.1 Å². The molecule has 2 heterocycles. The fourth-order valence-corrected chi connectivity index (χ4v) is 4.17. The molecule has 2 atom stereocenters. The zero-order chi connectivity index (χ0) is 15.9. The number of rotatable bonds is 3. The van der Waals surface area contributed by atoms with E-state index in [0.29, 0.717) is 0 Å². The van der Waals surface area contributed by atoms with E-state index in [1.54, 1.807) is 12.1 Å². The Balaban J connectivity index is 1.68. The molecular formula is C15H20N5O3+. The standard InChI is InChI=1S/C15H19N5O3/c21-20(22)13-5-3-12(4-6-13)19-15(18-8-10-23-11-9-18)7-1-2-14(15)16-17-19/h3-6,14H,1-2,7-11H2/p+1/t14-,15+/m0/s1. The molecule has 2 aliphatic heterocycles. The first-order valence-electron chi connectivity index (χ1n) is 8.10. The second-order valence-corrected chi connectivity index (χ2v) is 6.34. The average Bonchev–Trinajstić information content (AvgIpc) is 3.15. The molecule has 0 radical (unpaired) electrons. The van der Waals surface area contributed by atoms with Crippen LogP contribution in [0.3, 0.4) is 0 Å². The van der Waals surface area contributed by atoms with E-state index in [0.717, 1.165) is 51.3 Å². The highest BCUT2D eigenvalue weighted by Gasteiger charge is 2.60. The van der Waals surface area contributed by atoms with Crippen LogP contribution < -0.4 is 9.91 Å². The minimum absolute atomic E-state index is 0.0978. The van der Waals surface area contributed by atoms with E-state index in [9.17, 15) is 10.1 Å². The molecule has 1 aromatic carbocycles. The molecule has 0 spiro atoms. The smallest absolute Gasteiger partial charge is 0.269 e. The maximum absolute atomic E-state index is 10.9. The number of nitro benzene ring substituents is 1. The molecule has 3 aliphatic rings. The summed E-state index contributed by atoms with van der Waals surface area (Å²) in [6.45, 7) is 3.42. The summed E-state index contributed by atoms with van der Waals surface area (Å²) < 4.78 is 5.51. The number of benzene rings is 1. The van der Waals surface area contributed by atoms with Gasteiger partial charge >= 0.3 is 0 Å². The Morgan fingerprint density at radius 2 is 2.04 bits per heavy atom. The van der Waals surface area contributed by atoms with Crippen molar-refractivity contribution in [3.63, 3.8) is 0 Å². The molecule has 1 aliphatic carbocycles. The van der Waals surface area contributed by atoms with Crippen LogP contribution in [0.25, 0.3) is 0 Å². The lowest BCUT2D eigenvalue weighted by Gasteiger charge is -2.43. The number of fused-ring (bicyclic) bond motifs is 1. The van der Waals surface area contributed by atoms with Crippen LogP contribution in [-0.4, -0.2) is 42.9 Å². The number of hydrogen-bond acceptors (Lipinski definition) is 6. The van der Waals surface area contributed by atoms with Crippen molar-refractivity contribution < 1.29 is 14.6 Å². The van der Waals surface area contributed by atoms with Crippen LogP contribution in [-0.2, 0) is 4.74 Å². The first-order valence-corrected chi connectivity index (χ1v) is 8.10. The molecule has 8 heteroatoms. The van der Waals surface area contributed by atoms with Gasteiger partial charge in [0.2, 0.25) is 5.66 Å². The van der Waals surface area contributed by atoms with E-state index < -0.39 is 0 Å². The quantitative estimate of drug-likeness (QED) is 0.664. The van der Waals surface area contributed by atoms with Crippen molar-refractivity contribution in [1.29, 1.82) is 0 Å². The molecule has 0 aromatic heterocycles. The van der Waals surface area contributed by atoms with Crippen molar-refractivity contribution in [3.05, 3.63) is 34.4 Å². The first-order chi connectivity index (χ1) is 11.2. The summed E-state index contributed by atoms with van der Waals surface area (Å²) in [5.74, 6) is 0. The predicted molar refractivity (Wildman–Crippen MR) is 82.3 cm³/mol. The molecular weight excluding hydrogens is 298 g/mol. The summed E-state index contributed by atoms with van der Waals surface area (Å²) in [4.78, 5) is 11.9. The van der Waals surface area contributed by atoms with Gasteiger partial charge in [0, 0.05) is 18.6 Å². The third-order valence-electron chi connectivity index (χ3n) is 5.26. The lowest BCUT2D eigenvalue weighted by molar-refractivity contribution is -0.958. The maximum Gasteiger partial charge on any atom is 0.269 e. The maximum atomic E-state index is 10.9. The SMILES string of the molecule is O=[N+]([O-])c1ccc(N2N=N[C@H]3CCC[C@]32[NH+]2CCOCC2)cc1. The Morgan fingerprint density at radius 1 is 1.30 bits per heavy atom. The minimum Gasteiger partial charge on any atom is -0.370 e. The fourth-order valence-electron chi connectivity index (χ4n) is 4.17. The van der Waals surface area contributed by atoms with Crippen LogP contribution in [0.4, 0.5) is 11.4 Å². The summed E-state index contributed by atoms with van der Waals surface area (Å²) >= 11 is 0. The number of hydrogen-bond donors (Lipinski definition) is 1. The van der Waals surface area contributed by atoms with Gasteiger partial charge in [-0.25, -0.2) is 0 Å². The molecule has 8 nitrogen and oxygen atoms in total. The summed E-state index contributed by atoms with van der Waals surface area (Å²) in [7, 11) is 0. The number of anilines is 1. The average molecular weight is 318 g/mol. The summed E-state index contributed by atoms with van der Waals surface area (Å²) in [5, 5.41) is 21.8. The van der Waals surface area contributed by atoms with Crippen LogP contribution in [0.2, 0.25) is 0 Å². The van der Waals surface area contributed by atoms with E-state index in [-0.39, 0.29) is 22.3 Å². The highest BCUT2D eigenvalue weighted by atomic mass is 16.6. The molecule has 1 saturated carbocycles. The number of nitro groups is 1. The lowest BCUT2D eigenvalue weighted by atomic mass is 10.00. The van der Waals surface area contributed by atoms with Gasteiger partial charge in [0.25, 0.3) is 5.69 Å². The van der Waals surface area contributed by atoms with Crippen molar-refractivity contribution in [2.75, 3.05) is 31.3 Å². The molecule has 23 heavy (non-hydrogen) atoms. The van der Waals surface area contributed by atoms with Crippen LogP contribution in [0, 0.1) is 10.1 Å².